The fourth-order valence-electron chi connectivity index (χ4n) is 0.236. The molecular formula is C4H6NO2PS. The molecule has 9 heavy (non-hydrogen) atoms. The zero-order chi connectivity index (χ0) is 7.28. The van der Waals surface area contributed by atoms with Crippen molar-refractivity contribution in [1.29, 1.82) is 0 Å². The second-order valence-electron chi connectivity index (χ2n) is 1.22. The predicted octanol–water partition coefficient (Wildman–Crippen LogP) is -0.146. The van der Waals surface area contributed by atoms with Crippen molar-refractivity contribution in [3.8, 4) is 5.63 Å². The molecule has 1 atom stereocenters. The number of methoxy groups -OCH3 is 1. The van der Waals surface area contributed by atoms with Gasteiger partial charge < -0.3 is 0 Å². The SMILES string of the molecule is COC(=O)C(N)C#P=S. The van der Waals surface area contributed by atoms with Crippen molar-refractivity contribution in [3.63, 3.8) is 0 Å². The van der Waals surface area contributed by atoms with Gasteiger partial charge in [0.25, 0.3) is 0 Å². The van der Waals surface area contributed by atoms with Crippen LogP contribution in [0.1, 0.15) is 0 Å². The van der Waals surface area contributed by atoms with Gasteiger partial charge in [-0.3, -0.25) is 0 Å². The Morgan fingerprint density at radius 1 is 2.00 bits per heavy atom. The molecule has 2 N–H and O–H groups in total. The molecular weight excluding hydrogens is 157 g/mol. The predicted molar refractivity (Wildman–Crippen MR) is 38.2 cm³/mol. The van der Waals surface area contributed by atoms with Crippen LogP contribution in [0.25, 0.3) is 0 Å². The summed E-state index contributed by atoms with van der Waals surface area (Å²) < 4.78 is 4.29. The number of esters is 1. The third kappa shape index (κ3) is 3.44. The van der Waals surface area contributed by atoms with E-state index in [0.29, 0.717) is 6.81 Å². The Hall–Kier alpha value is -0.140. The van der Waals surface area contributed by atoms with Crippen LogP contribution in [-0.4, -0.2) is 19.1 Å². The number of hydrogen-bond acceptors (Lipinski definition) is 4. The van der Waals surface area contributed by atoms with Crippen molar-refractivity contribution >= 4 is 24.6 Å². The molecule has 3 nitrogen and oxygen atoms in total. The molecule has 5 heteroatoms. The van der Waals surface area contributed by atoms with Crippen LogP contribution in [0.3, 0.4) is 0 Å². The average molecular weight is 163 g/mol. The average Bonchev–Trinajstić information content (AvgIpc) is 1.87. The van der Waals surface area contributed by atoms with E-state index in [9.17, 15) is 4.79 Å². The maximum atomic E-state index is 10.4. The van der Waals surface area contributed by atoms with E-state index in [4.69, 9.17) is 5.73 Å². The van der Waals surface area contributed by atoms with Crippen molar-refractivity contribution in [1.82, 2.24) is 0 Å². The van der Waals surface area contributed by atoms with Gasteiger partial charge >= 0.3 is 58.6 Å². The van der Waals surface area contributed by atoms with E-state index in [2.05, 4.69) is 22.2 Å². The molecule has 0 heterocycles. The Morgan fingerprint density at radius 3 is 2.89 bits per heavy atom. The van der Waals surface area contributed by atoms with Gasteiger partial charge in [0.15, 0.2) is 0 Å². The molecule has 50 valence electrons. The first-order valence-electron chi connectivity index (χ1n) is 2.13. The molecule has 0 bridgehead atoms. The Morgan fingerprint density at radius 2 is 2.56 bits per heavy atom. The van der Waals surface area contributed by atoms with Crippen LogP contribution in [0, 0.1) is 5.63 Å². The minimum absolute atomic E-state index is 0.451. The van der Waals surface area contributed by atoms with Crippen LogP contribution in [0.2, 0.25) is 0 Å². The van der Waals surface area contributed by atoms with Crippen molar-refractivity contribution in [2.45, 2.75) is 6.04 Å². The summed E-state index contributed by atoms with van der Waals surface area (Å²) in [4.78, 5) is 10.4. The molecule has 0 aromatic carbocycles. The molecule has 0 aliphatic rings. The van der Waals surface area contributed by atoms with Crippen LogP contribution in [0.4, 0.5) is 0 Å². The van der Waals surface area contributed by atoms with Gasteiger partial charge in [-0.05, 0) is 0 Å². The number of carbonyl (C=O) groups excluding carboxylic acids is 1. The van der Waals surface area contributed by atoms with Crippen molar-refractivity contribution < 1.29 is 9.53 Å². The Bertz CT molecular complexity index is 198. The van der Waals surface area contributed by atoms with Gasteiger partial charge in [-0.1, -0.05) is 0 Å². The molecule has 0 spiro atoms. The van der Waals surface area contributed by atoms with E-state index in [1.807, 2.05) is 0 Å². The molecule has 0 fully saturated rings. The van der Waals surface area contributed by atoms with E-state index in [0.717, 1.165) is 0 Å². The first kappa shape index (κ1) is 8.86. The summed E-state index contributed by atoms with van der Waals surface area (Å²) in [6.07, 6.45) is 0. The maximum absolute atomic E-state index is 10.4. The summed E-state index contributed by atoms with van der Waals surface area (Å²) >= 11 is 4.47. The molecule has 0 aliphatic carbocycles. The zero-order valence-corrected chi connectivity index (χ0v) is 6.54. The number of nitrogens with two attached hydrogens (primary N) is 1. The molecule has 0 amide bonds. The molecule has 0 saturated carbocycles. The topological polar surface area (TPSA) is 52.3 Å². The Balaban J connectivity index is 3.98. The summed E-state index contributed by atoms with van der Waals surface area (Å²) in [6, 6.07) is -0.797. The monoisotopic (exact) mass is 163 g/mol. The van der Waals surface area contributed by atoms with Crippen LogP contribution < -0.4 is 5.73 Å². The molecule has 0 aliphatic heterocycles. The van der Waals surface area contributed by atoms with Gasteiger partial charge in [0.1, 0.15) is 0 Å². The van der Waals surface area contributed by atoms with Gasteiger partial charge in [0.2, 0.25) is 0 Å². The van der Waals surface area contributed by atoms with Gasteiger partial charge in [-0.25, -0.2) is 0 Å². The van der Waals surface area contributed by atoms with E-state index in [1.54, 1.807) is 0 Å². The molecule has 0 aromatic heterocycles. The van der Waals surface area contributed by atoms with Crippen LogP contribution in [0.15, 0.2) is 0 Å². The van der Waals surface area contributed by atoms with Gasteiger partial charge in [-0.2, -0.15) is 0 Å². The van der Waals surface area contributed by atoms with Crippen LogP contribution in [0.5, 0.6) is 0 Å². The van der Waals surface area contributed by atoms with E-state index < -0.39 is 12.0 Å². The van der Waals surface area contributed by atoms with Gasteiger partial charge in [-0.15, -0.1) is 0 Å². The van der Waals surface area contributed by atoms with Crippen molar-refractivity contribution in [3.05, 3.63) is 0 Å². The minimum atomic E-state index is -0.797. The van der Waals surface area contributed by atoms with Crippen LogP contribution in [-0.2, 0) is 21.3 Å². The quantitative estimate of drug-likeness (QED) is 0.431. The van der Waals surface area contributed by atoms with Gasteiger partial charge in [0, 0.05) is 0 Å². The first-order chi connectivity index (χ1) is 4.22. The summed E-state index contributed by atoms with van der Waals surface area (Å²) in [5, 5.41) is 0. The number of rotatable bonds is 1. The fraction of sp³-hybridized carbons (Fsp3) is 0.500. The number of hydrogen-bond donors (Lipinski definition) is 1. The van der Waals surface area contributed by atoms with Crippen molar-refractivity contribution in [2.24, 2.45) is 5.73 Å². The number of carbonyl (C=O) groups is 1. The first-order valence-corrected chi connectivity index (χ1v) is 4.04. The zero-order valence-electron chi connectivity index (χ0n) is 4.83. The normalized spacial score (nSPS) is 11.3. The number of ether oxygens (including phenoxy) is 1. The van der Waals surface area contributed by atoms with Crippen LogP contribution >= 0.6 is 6.81 Å². The fourth-order valence-corrected chi connectivity index (χ4v) is 0.796. The second-order valence-corrected chi connectivity index (χ2v) is 2.21. The molecule has 0 saturated heterocycles. The third-order valence-electron chi connectivity index (χ3n) is 0.647. The molecule has 0 rings (SSSR count). The third-order valence-corrected chi connectivity index (χ3v) is 1.35. The summed E-state index contributed by atoms with van der Waals surface area (Å²) in [5.41, 5.74) is 7.67. The Kier molecular flexibility index (Phi) is 4.64. The molecule has 0 aromatic rings. The van der Waals surface area contributed by atoms with E-state index in [-0.39, 0.29) is 0 Å². The van der Waals surface area contributed by atoms with Gasteiger partial charge in [0.05, 0.1) is 0 Å². The standard InChI is InChI=1S/C4H6NO2PS/c1-7-4(6)3(5)2-8-9/h3H,5H2,1H3. The second kappa shape index (κ2) is 4.71. The summed E-state index contributed by atoms with van der Waals surface area (Å²) in [7, 11) is 1.27. The molecule has 0 radical (unpaired) electrons. The van der Waals surface area contributed by atoms with Crippen molar-refractivity contribution in [2.75, 3.05) is 7.11 Å². The summed E-state index contributed by atoms with van der Waals surface area (Å²) in [6.45, 7) is 0.451. The Labute approximate surface area is 59.3 Å². The molecule has 1 unspecified atom stereocenters. The summed E-state index contributed by atoms with van der Waals surface area (Å²) in [5.74, 6) is -0.507. The van der Waals surface area contributed by atoms with E-state index >= 15 is 0 Å². The van der Waals surface area contributed by atoms with E-state index in [1.165, 1.54) is 7.11 Å².